The normalized spacial score (nSPS) is 17.6. The standard InChI is InChI=1S/C14H15ClFN3S/c1-14(2)8-12-17-18-13(19(12)5-6-20-14)10-4-3-9(16)7-11(10)15/h3-4,7H,5-6,8H2,1-2H3. The Morgan fingerprint density at radius 3 is 2.90 bits per heavy atom. The van der Waals surface area contributed by atoms with E-state index < -0.39 is 0 Å². The predicted octanol–water partition coefficient (Wildman–Crippen LogP) is 3.81. The molecule has 1 aromatic heterocycles. The van der Waals surface area contributed by atoms with E-state index in [1.165, 1.54) is 12.1 Å². The Balaban J connectivity index is 2.07. The molecule has 0 saturated carbocycles. The molecule has 3 nitrogen and oxygen atoms in total. The maximum absolute atomic E-state index is 13.2. The first-order chi connectivity index (χ1) is 9.46. The van der Waals surface area contributed by atoms with Gasteiger partial charge in [-0.2, -0.15) is 11.8 Å². The lowest BCUT2D eigenvalue weighted by atomic mass is 10.1. The van der Waals surface area contributed by atoms with E-state index in [0.717, 1.165) is 35.9 Å². The summed E-state index contributed by atoms with van der Waals surface area (Å²) in [4.78, 5) is 0. The van der Waals surface area contributed by atoms with Crippen LogP contribution in [-0.4, -0.2) is 25.3 Å². The number of aromatic nitrogens is 3. The molecule has 0 unspecified atom stereocenters. The van der Waals surface area contributed by atoms with Gasteiger partial charge in [0.15, 0.2) is 5.82 Å². The summed E-state index contributed by atoms with van der Waals surface area (Å²) in [6.07, 6.45) is 0.865. The molecule has 6 heteroatoms. The zero-order valence-corrected chi connectivity index (χ0v) is 12.9. The Morgan fingerprint density at radius 2 is 2.15 bits per heavy atom. The maximum Gasteiger partial charge on any atom is 0.165 e. The Kier molecular flexibility index (Phi) is 3.50. The summed E-state index contributed by atoms with van der Waals surface area (Å²) in [5, 5.41) is 8.93. The number of hydrogen-bond donors (Lipinski definition) is 0. The van der Waals surface area contributed by atoms with E-state index in [1.54, 1.807) is 6.07 Å². The molecule has 0 amide bonds. The van der Waals surface area contributed by atoms with Gasteiger partial charge in [-0.05, 0) is 18.2 Å². The second-order valence-electron chi connectivity index (χ2n) is 5.50. The van der Waals surface area contributed by atoms with Crippen LogP contribution in [0.5, 0.6) is 0 Å². The van der Waals surface area contributed by atoms with E-state index in [4.69, 9.17) is 11.6 Å². The van der Waals surface area contributed by atoms with Crippen molar-refractivity contribution in [1.29, 1.82) is 0 Å². The molecule has 106 valence electrons. The number of benzene rings is 1. The third-order valence-corrected chi connectivity index (χ3v) is 5.02. The molecule has 3 rings (SSSR count). The first-order valence-electron chi connectivity index (χ1n) is 6.48. The fourth-order valence-corrected chi connectivity index (χ4v) is 3.73. The van der Waals surface area contributed by atoms with Gasteiger partial charge in [0.05, 0.1) is 5.02 Å². The number of fused-ring (bicyclic) bond motifs is 1. The monoisotopic (exact) mass is 311 g/mol. The van der Waals surface area contributed by atoms with Crippen LogP contribution >= 0.6 is 23.4 Å². The van der Waals surface area contributed by atoms with Crippen molar-refractivity contribution < 1.29 is 4.39 Å². The predicted molar refractivity (Wildman–Crippen MR) is 80.7 cm³/mol. The van der Waals surface area contributed by atoms with Crippen LogP contribution in [0.3, 0.4) is 0 Å². The summed E-state index contributed by atoms with van der Waals surface area (Å²) in [6, 6.07) is 4.38. The summed E-state index contributed by atoms with van der Waals surface area (Å²) < 4.78 is 15.4. The molecule has 2 aromatic rings. The quantitative estimate of drug-likeness (QED) is 0.802. The van der Waals surface area contributed by atoms with Crippen molar-refractivity contribution in [3.63, 3.8) is 0 Å². The molecule has 0 N–H and O–H groups in total. The number of hydrogen-bond acceptors (Lipinski definition) is 3. The molecule has 1 aliphatic rings. The van der Waals surface area contributed by atoms with Crippen molar-refractivity contribution in [3.8, 4) is 11.4 Å². The molecule has 1 aromatic carbocycles. The first kappa shape index (κ1) is 13.9. The highest BCUT2D eigenvalue weighted by molar-refractivity contribution is 8.00. The van der Waals surface area contributed by atoms with E-state index in [0.29, 0.717) is 5.02 Å². The Hall–Kier alpha value is -1.07. The molecule has 0 atom stereocenters. The van der Waals surface area contributed by atoms with E-state index in [2.05, 4.69) is 28.6 Å². The zero-order valence-electron chi connectivity index (χ0n) is 11.4. The van der Waals surface area contributed by atoms with Crippen LogP contribution in [0.15, 0.2) is 18.2 Å². The number of halogens is 2. The molecular weight excluding hydrogens is 297 g/mol. The van der Waals surface area contributed by atoms with E-state index in [9.17, 15) is 4.39 Å². The summed E-state index contributed by atoms with van der Waals surface area (Å²) >= 11 is 8.07. The molecule has 0 saturated heterocycles. The average Bonchev–Trinajstić information content (AvgIpc) is 2.65. The Bertz CT molecular complexity index is 654. The molecule has 2 heterocycles. The topological polar surface area (TPSA) is 30.7 Å². The van der Waals surface area contributed by atoms with E-state index in [1.807, 2.05) is 11.8 Å². The van der Waals surface area contributed by atoms with Gasteiger partial charge < -0.3 is 4.57 Å². The van der Waals surface area contributed by atoms with Gasteiger partial charge >= 0.3 is 0 Å². The SMILES string of the molecule is CC1(C)Cc2nnc(-c3ccc(F)cc3Cl)n2CCS1. The average molecular weight is 312 g/mol. The highest BCUT2D eigenvalue weighted by Gasteiger charge is 2.27. The molecular formula is C14H15ClFN3S. The Morgan fingerprint density at radius 1 is 1.35 bits per heavy atom. The van der Waals surface area contributed by atoms with E-state index >= 15 is 0 Å². The van der Waals surface area contributed by atoms with Crippen LogP contribution in [0.1, 0.15) is 19.7 Å². The largest absolute Gasteiger partial charge is 0.310 e. The van der Waals surface area contributed by atoms with Crippen LogP contribution in [0.2, 0.25) is 5.02 Å². The Labute approximate surface area is 126 Å². The zero-order chi connectivity index (χ0) is 14.3. The summed E-state index contributed by atoms with van der Waals surface area (Å²) in [5.74, 6) is 2.36. The van der Waals surface area contributed by atoms with Crippen LogP contribution in [0.4, 0.5) is 4.39 Å². The van der Waals surface area contributed by atoms with Crippen LogP contribution < -0.4 is 0 Å². The van der Waals surface area contributed by atoms with Gasteiger partial charge in [-0.15, -0.1) is 10.2 Å². The van der Waals surface area contributed by atoms with Crippen molar-refractivity contribution in [1.82, 2.24) is 14.8 Å². The lowest BCUT2D eigenvalue weighted by Gasteiger charge is -2.19. The fraction of sp³-hybridized carbons (Fsp3) is 0.429. The van der Waals surface area contributed by atoms with Gasteiger partial charge in [-0.3, -0.25) is 0 Å². The molecule has 0 radical (unpaired) electrons. The van der Waals surface area contributed by atoms with Crippen molar-refractivity contribution in [2.45, 2.75) is 31.6 Å². The van der Waals surface area contributed by atoms with Crippen molar-refractivity contribution >= 4 is 23.4 Å². The van der Waals surface area contributed by atoms with Crippen LogP contribution in [0.25, 0.3) is 11.4 Å². The highest BCUT2D eigenvalue weighted by Crippen LogP contribution is 2.34. The van der Waals surface area contributed by atoms with Crippen molar-refractivity contribution in [2.75, 3.05) is 5.75 Å². The number of rotatable bonds is 1. The minimum atomic E-state index is -0.342. The third kappa shape index (κ3) is 2.56. The molecule has 0 spiro atoms. The third-order valence-electron chi connectivity index (χ3n) is 3.39. The van der Waals surface area contributed by atoms with Gasteiger partial charge in [-0.25, -0.2) is 4.39 Å². The second kappa shape index (κ2) is 5.04. The summed E-state index contributed by atoms with van der Waals surface area (Å²) in [5.41, 5.74) is 0.733. The second-order valence-corrected chi connectivity index (χ2v) is 7.71. The lowest BCUT2D eigenvalue weighted by molar-refractivity contribution is 0.628. The smallest absolute Gasteiger partial charge is 0.165 e. The minimum Gasteiger partial charge on any atom is -0.310 e. The lowest BCUT2D eigenvalue weighted by Crippen LogP contribution is -2.18. The van der Waals surface area contributed by atoms with Gasteiger partial charge in [0.25, 0.3) is 0 Å². The van der Waals surface area contributed by atoms with Crippen molar-refractivity contribution in [2.24, 2.45) is 0 Å². The van der Waals surface area contributed by atoms with Gasteiger partial charge in [0, 0.05) is 29.0 Å². The first-order valence-corrected chi connectivity index (χ1v) is 7.84. The number of nitrogens with zero attached hydrogens (tertiary/aromatic N) is 3. The van der Waals surface area contributed by atoms with Gasteiger partial charge in [0.2, 0.25) is 0 Å². The molecule has 20 heavy (non-hydrogen) atoms. The minimum absolute atomic E-state index is 0.158. The molecule has 1 aliphatic heterocycles. The van der Waals surface area contributed by atoms with Crippen molar-refractivity contribution in [3.05, 3.63) is 34.9 Å². The summed E-state index contributed by atoms with van der Waals surface area (Å²) in [6.45, 7) is 5.28. The van der Waals surface area contributed by atoms with E-state index in [-0.39, 0.29) is 10.6 Å². The molecule has 0 bridgehead atoms. The molecule has 0 aliphatic carbocycles. The highest BCUT2D eigenvalue weighted by atomic mass is 35.5. The fourth-order valence-electron chi connectivity index (χ4n) is 2.42. The van der Waals surface area contributed by atoms with Gasteiger partial charge in [0.1, 0.15) is 11.6 Å². The maximum atomic E-state index is 13.2. The summed E-state index contributed by atoms with van der Waals surface area (Å²) in [7, 11) is 0. The van der Waals surface area contributed by atoms with Crippen LogP contribution in [-0.2, 0) is 13.0 Å². The van der Waals surface area contributed by atoms with Crippen LogP contribution in [0, 0.1) is 5.82 Å². The van der Waals surface area contributed by atoms with Gasteiger partial charge in [-0.1, -0.05) is 25.4 Å². The molecule has 0 fully saturated rings. The number of thioether (sulfide) groups is 1.